The average molecular weight is 360 g/mol. The molecule has 6 heteroatoms. The molecule has 0 fully saturated rings. The second-order valence-corrected chi connectivity index (χ2v) is 5.55. The number of nitro groups is 1. The molecule has 17 heavy (non-hydrogen) atoms. The molecule has 4 nitrogen and oxygen atoms in total. The Kier molecular flexibility index (Phi) is 3.95. The van der Waals surface area contributed by atoms with Crippen LogP contribution in [0.1, 0.15) is 5.56 Å². The van der Waals surface area contributed by atoms with Gasteiger partial charge in [0.15, 0.2) is 0 Å². The lowest BCUT2D eigenvalue weighted by Crippen LogP contribution is -1.97. The Balaban J connectivity index is 2.00. The molecule has 2 rings (SSSR count). The molecule has 0 spiro atoms. The number of rotatable bonds is 4. The molecule has 0 aliphatic heterocycles. The maximum absolute atomic E-state index is 10.5. The lowest BCUT2D eigenvalue weighted by Gasteiger charge is -2.04. The Bertz CT molecular complexity index is 542. The number of hydrogen-bond acceptors (Lipinski definition) is 4. The summed E-state index contributed by atoms with van der Waals surface area (Å²) in [4.78, 5) is 10.2. The van der Waals surface area contributed by atoms with Crippen molar-refractivity contribution in [2.75, 3.05) is 5.32 Å². The highest BCUT2D eigenvalue weighted by Crippen LogP contribution is 2.23. The van der Waals surface area contributed by atoms with Gasteiger partial charge in [-0.3, -0.25) is 10.1 Å². The molecule has 0 aliphatic rings. The van der Waals surface area contributed by atoms with Gasteiger partial charge in [-0.1, -0.05) is 17.4 Å². The second kappa shape index (κ2) is 5.46. The van der Waals surface area contributed by atoms with E-state index >= 15 is 0 Å². The number of anilines is 1. The number of hydrogen-bond donors (Lipinski definition) is 1. The second-order valence-electron chi connectivity index (χ2n) is 3.41. The number of halogens is 1. The Morgan fingerprint density at radius 3 is 2.88 bits per heavy atom. The Hall–Kier alpha value is -1.15. The molecule has 0 radical (unpaired) electrons. The molecule has 0 unspecified atom stereocenters. The maximum atomic E-state index is 10.5. The third kappa shape index (κ3) is 3.40. The van der Waals surface area contributed by atoms with Crippen LogP contribution in [-0.2, 0) is 6.54 Å². The first-order chi connectivity index (χ1) is 8.15. The van der Waals surface area contributed by atoms with E-state index in [0.717, 1.165) is 26.2 Å². The van der Waals surface area contributed by atoms with Crippen molar-refractivity contribution in [3.8, 4) is 0 Å². The van der Waals surface area contributed by atoms with E-state index in [9.17, 15) is 10.1 Å². The van der Waals surface area contributed by atoms with E-state index in [1.807, 2.05) is 24.3 Å². The molecule has 0 amide bonds. The molecule has 1 heterocycles. The first-order valence-electron chi connectivity index (χ1n) is 4.86. The molecule has 0 saturated heterocycles. The molecule has 0 atom stereocenters. The van der Waals surface area contributed by atoms with Crippen molar-refractivity contribution in [1.29, 1.82) is 0 Å². The van der Waals surface area contributed by atoms with Gasteiger partial charge in [-0.25, -0.2) is 0 Å². The van der Waals surface area contributed by atoms with Crippen molar-refractivity contribution in [2.45, 2.75) is 6.54 Å². The zero-order valence-corrected chi connectivity index (χ0v) is 11.7. The van der Waals surface area contributed by atoms with Crippen molar-refractivity contribution >= 4 is 44.6 Å². The minimum Gasteiger partial charge on any atom is -0.381 e. The fraction of sp³-hybridized carbons (Fsp3) is 0.0909. The quantitative estimate of drug-likeness (QED) is 0.512. The van der Waals surface area contributed by atoms with Crippen molar-refractivity contribution in [1.82, 2.24) is 0 Å². The largest absolute Gasteiger partial charge is 0.381 e. The molecule has 88 valence electrons. The van der Waals surface area contributed by atoms with E-state index < -0.39 is 0 Å². The predicted octanol–water partition coefficient (Wildman–Crippen LogP) is 3.87. The van der Waals surface area contributed by atoms with E-state index in [4.69, 9.17) is 0 Å². The van der Waals surface area contributed by atoms with Crippen LogP contribution in [0.3, 0.4) is 0 Å². The van der Waals surface area contributed by atoms with Crippen LogP contribution in [0.5, 0.6) is 0 Å². The minimum absolute atomic E-state index is 0.185. The summed E-state index contributed by atoms with van der Waals surface area (Å²) in [5.74, 6) is 0. The average Bonchev–Trinajstić information content (AvgIpc) is 2.75. The number of benzene rings is 1. The van der Waals surface area contributed by atoms with Gasteiger partial charge in [0.05, 0.1) is 4.92 Å². The first-order valence-corrected chi connectivity index (χ1v) is 6.82. The van der Waals surface area contributed by atoms with Gasteiger partial charge in [0, 0.05) is 27.2 Å². The van der Waals surface area contributed by atoms with Crippen LogP contribution in [0.4, 0.5) is 10.7 Å². The summed E-state index contributed by atoms with van der Waals surface area (Å²) in [6, 6.07) is 9.59. The summed E-state index contributed by atoms with van der Waals surface area (Å²) < 4.78 is 1.16. The topological polar surface area (TPSA) is 55.2 Å². The van der Waals surface area contributed by atoms with Crippen molar-refractivity contribution in [2.24, 2.45) is 0 Å². The van der Waals surface area contributed by atoms with Gasteiger partial charge in [-0.2, -0.15) is 0 Å². The normalized spacial score (nSPS) is 10.2. The highest BCUT2D eigenvalue weighted by atomic mass is 127. The van der Waals surface area contributed by atoms with E-state index in [1.54, 1.807) is 11.4 Å². The van der Waals surface area contributed by atoms with Crippen LogP contribution in [0, 0.1) is 13.7 Å². The van der Waals surface area contributed by atoms with Gasteiger partial charge < -0.3 is 5.32 Å². The van der Waals surface area contributed by atoms with E-state index in [-0.39, 0.29) is 9.92 Å². The van der Waals surface area contributed by atoms with Gasteiger partial charge in [0.25, 0.3) is 0 Å². The van der Waals surface area contributed by atoms with Gasteiger partial charge in [0.1, 0.15) is 0 Å². The van der Waals surface area contributed by atoms with E-state index in [2.05, 4.69) is 27.9 Å². The molecule has 0 bridgehead atoms. The Morgan fingerprint density at radius 1 is 1.41 bits per heavy atom. The summed E-state index contributed by atoms with van der Waals surface area (Å²) in [7, 11) is 0. The summed E-state index contributed by atoms with van der Waals surface area (Å²) in [5, 5.41) is 15.8. The third-order valence-electron chi connectivity index (χ3n) is 2.14. The summed E-state index contributed by atoms with van der Waals surface area (Å²) in [5.41, 5.74) is 1.95. The van der Waals surface area contributed by atoms with Crippen LogP contribution >= 0.6 is 33.9 Å². The highest BCUT2D eigenvalue weighted by molar-refractivity contribution is 14.1. The van der Waals surface area contributed by atoms with Crippen LogP contribution in [0.25, 0.3) is 0 Å². The molecular weight excluding hydrogens is 351 g/mol. The van der Waals surface area contributed by atoms with Crippen molar-refractivity contribution in [3.63, 3.8) is 0 Å². The molecule has 1 N–H and O–H groups in total. The van der Waals surface area contributed by atoms with Crippen LogP contribution < -0.4 is 5.32 Å². The van der Waals surface area contributed by atoms with Gasteiger partial charge >= 0.3 is 5.00 Å². The maximum Gasteiger partial charge on any atom is 0.324 e. The van der Waals surface area contributed by atoms with Crippen LogP contribution in [-0.4, -0.2) is 4.92 Å². The lowest BCUT2D eigenvalue weighted by atomic mass is 10.3. The number of nitrogens with one attached hydrogen (secondary N) is 1. The molecule has 2 aromatic rings. The molecule has 0 aliphatic carbocycles. The first kappa shape index (κ1) is 12.3. The standard InChI is InChI=1S/C11H9IN2O2S/c12-9-2-1-3-10(5-9)13-6-8-4-11(14(15)16)17-7-8/h1-5,7,13H,6H2. The molecule has 1 aromatic carbocycles. The number of nitrogens with zero attached hydrogens (tertiary/aromatic N) is 1. The van der Waals surface area contributed by atoms with Gasteiger partial charge in [-0.15, -0.1) is 0 Å². The zero-order chi connectivity index (χ0) is 12.3. The van der Waals surface area contributed by atoms with Gasteiger partial charge in [0.2, 0.25) is 0 Å². The van der Waals surface area contributed by atoms with Crippen molar-refractivity contribution in [3.05, 3.63) is 55.0 Å². The van der Waals surface area contributed by atoms with Crippen LogP contribution in [0.15, 0.2) is 35.7 Å². The monoisotopic (exact) mass is 360 g/mol. The molecule has 1 aromatic heterocycles. The summed E-state index contributed by atoms with van der Waals surface area (Å²) in [6.45, 7) is 0.602. The fourth-order valence-electron chi connectivity index (χ4n) is 1.35. The Labute approximate surface area is 116 Å². The van der Waals surface area contributed by atoms with Gasteiger partial charge in [-0.05, 0) is 46.4 Å². The SMILES string of the molecule is O=[N+]([O-])c1cc(CNc2cccc(I)c2)cs1. The van der Waals surface area contributed by atoms with E-state index in [0.29, 0.717) is 6.54 Å². The smallest absolute Gasteiger partial charge is 0.324 e. The summed E-state index contributed by atoms with van der Waals surface area (Å²) in [6.07, 6.45) is 0. The zero-order valence-electron chi connectivity index (χ0n) is 8.72. The third-order valence-corrected chi connectivity index (χ3v) is 3.74. The highest BCUT2D eigenvalue weighted by Gasteiger charge is 2.08. The minimum atomic E-state index is -0.361. The lowest BCUT2D eigenvalue weighted by molar-refractivity contribution is -0.380. The van der Waals surface area contributed by atoms with E-state index in [1.165, 1.54) is 0 Å². The predicted molar refractivity (Wildman–Crippen MR) is 77.5 cm³/mol. The molecular formula is C11H9IN2O2S. The molecule has 0 saturated carbocycles. The fourth-order valence-corrected chi connectivity index (χ4v) is 2.63. The van der Waals surface area contributed by atoms with Crippen molar-refractivity contribution < 1.29 is 4.92 Å². The number of thiophene rings is 1. The van der Waals surface area contributed by atoms with Crippen LogP contribution in [0.2, 0.25) is 0 Å². The Morgan fingerprint density at radius 2 is 2.24 bits per heavy atom. The summed E-state index contributed by atoms with van der Waals surface area (Å²) >= 11 is 3.40.